The highest BCUT2D eigenvalue weighted by Gasteiger charge is 2.30. The topological polar surface area (TPSA) is 192 Å². The summed E-state index contributed by atoms with van der Waals surface area (Å²) in [6.45, 7) is 8.25. The van der Waals surface area contributed by atoms with E-state index in [2.05, 4.69) is 44.2 Å². The van der Waals surface area contributed by atoms with Gasteiger partial charge in [0.2, 0.25) is 0 Å². The fourth-order valence-electron chi connectivity index (χ4n) is 1.33. The summed E-state index contributed by atoms with van der Waals surface area (Å²) in [5.41, 5.74) is 0. The molecule has 0 aliphatic heterocycles. The van der Waals surface area contributed by atoms with Crippen LogP contribution in [-0.4, -0.2) is 119 Å². The number of nitrogens with zero attached hydrogens (tertiary/aromatic N) is 2. The van der Waals surface area contributed by atoms with Crippen molar-refractivity contribution in [2.75, 3.05) is 48.0 Å². The molecule has 43 heavy (non-hydrogen) atoms. The van der Waals surface area contributed by atoms with Crippen molar-refractivity contribution in [3.8, 4) is 34.9 Å². The van der Waals surface area contributed by atoms with E-state index in [1.807, 2.05) is 27.9 Å². The van der Waals surface area contributed by atoms with Crippen LogP contribution in [0.25, 0.3) is 0 Å². The average Bonchev–Trinajstić information content (AvgIpc) is 2.88. The Bertz CT molecular complexity index is 972. The molecule has 0 aromatic carbocycles. The molecule has 0 spiro atoms. The van der Waals surface area contributed by atoms with Crippen molar-refractivity contribution >= 4 is 80.4 Å². The molecule has 7 N–H and O–H groups in total. The molecule has 0 bridgehead atoms. The summed E-state index contributed by atoms with van der Waals surface area (Å²) in [5.74, 6) is 11.5. The molecule has 0 unspecified atom stereocenters. The number of rotatable bonds is 9. The lowest BCUT2D eigenvalue weighted by Gasteiger charge is -2.25. The molecule has 0 atom stereocenters. The molecule has 0 amide bonds. The van der Waals surface area contributed by atoms with Crippen LogP contribution in [0.5, 0.6) is 0 Å². The maximum absolute atomic E-state index is 11.6. The largest absolute Gasteiger partial charge is 0.480 e. The third-order valence-electron chi connectivity index (χ3n) is 3.51. The number of carboxylic acid groups (broad SMARTS) is 1. The van der Waals surface area contributed by atoms with Crippen molar-refractivity contribution in [2.24, 2.45) is 0 Å². The van der Waals surface area contributed by atoms with Gasteiger partial charge in [0.15, 0.2) is 5.78 Å². The van der Waals surface area contributed by atoms with Crippen LogP contribution >= 0.6 is 60.0 Å². The Morgan fingerprint density at radius 3 is 1.56 bits per heavy atom. The lowest BCUT2D eigenvalue weighted by molar-refractivity contribution is -0.431. The van der Waals surface area contributed by atoms with Crippen molar-refractivity contribution in [3.63, 3.8) is 0 Å². The Hall–Kier alpha value is -1.63. The minimum absolute atomic E-state index is 0. The monoisotopic (exact) mass is 706 g/mol. The number of aliphatic carboxylic acids is 1. The van der Waals surface area contributed by atoms with E-state index < -0.39 is 15.5 Å². The molecular weight excluding hydrogens is 661 g/mol. The van der Waals surface area contributed by atoms with Crippen molar-refractivity contribution < 1.29 is 50.1 Å². The zero-order valence-electron chi connectivity index (χ0n) is 25.1. The molecule has 17 heteroatoms. The second kappa shape index (κ2) is 33.3. The van der Waals surface area contributed by atoms with Crippen molar-refractivity contribution in [1.29, 1.82) is 0 Å². The van der Waals surface area contributed by atoms with Gasteiger partial charge in [-0.05, 0) is 52.4 Å². The number of thiocarbonyl (C=S) groups is 2. The molecular formula is C26H46N2O10S5. The van der Waals surface area contributed by atoms with Crippen molar-refractivity contribution in [2.45, 2.75) is 58.0 Å². The van der Waals surface area contributed by atoms with Crippen LogP contribution in [0.3, 0.4) is 0 Å². The van der Waals surface area contributed by atoms with Crippen LogP contribution < -0.4 is 0 Å². The second-order valence-electron chi connectivity index (χ2n) is 8.27. The van der Waals surface area contributed by atoms with Crippen LogP contribution in [0.4, 0.5) is 0 Å². The summed E-state index contributed by atoms with van der Waals surface area (Å²) in [6, 6.07) is 0. The number of carboxylic acids is 1. The van der Waals surface area contributed by atoms with Gasteiger partial charge in [0.1, 0.15) is 25.4 Å². The molecule has 12 nitrogen and oxygen atoms in total. The predicted octanol–water partition coefficient (Wildman–Crippen LogP) is 2.55. The first-order valence-corrected chi connectivity index (χ1v) is 14.6. The number of hydrogen-bond acceptors (Lipinski definition) is 13. The smallest absolute Gasteiger partial charge is 0.319 e. The number of aliphatic hydroxyl groups excluding tert-OH is 3. The SMILES string of the molecule is C.CC#CC#CC#CSOOO.CN(C)C(=S)SC(C)(C)C(=O)CCO.CN(C)C(=S)SC(C)(C)C(=O)O.O.OCCO. The van der Waals surface area contributed by atoms with E-state index in [0.717, 1.165) is 0 Å². The van der Waals surface area contributed by atoms with E-state index in [0.29, 0.717) is 20.7 Å². The second-order valence-corrected chi connectivity index (χ2v) is 13.3. The minimum atomic E-state index is -0.850. The third-order valence-corrected chi connectivity index (χ3v) is 7.56. The Morgan fingerprint density at radius 1 is 0.814 bits per heavy atom. The fraction of sp³-hybridized carbons (Fsp3) is 0.615. The summed E-state index contributed by atoms with van der Waals surface area (Å²) < 4.78 is 3.80. The van der Waals surface area contributed by atoms with Crippen LogP contribution in [0, 0.1) is 34.9 Å². The van der Waals surface area contributed by atoms with E-state index in [1.54, 1.807) is 44.7 Å². The first kappa shape index (κ1) is 53.9. The number of ketones is 1. The molecule has 0 fully saturated rings. The quantitative estimate of drug-likeness (QED) is 0.0586. The lowest BCUT2D eigenvalue weighted by atomic mass is 10.1. The van der Waals surface area contributed by atoms with Gasteiger partial charge >= 0.3 is 5.97 Å². The normalized spacial score (nSPS) is 8.95. The third kappa shape index (κ3) is 36.5. The van der Waals surface area contributed by atoms with Gasteiger partial charge in [-0.25, -0.2) is 5.26 Å². The maximum Gasteiger partial charge on any atom is 0.319 e. The zero-order valence-corrected chi connectivity index (χ0v) is 29.2. The highest BCUT2D eigenvalue weighted by Crippen LogP contribution is 2.28. The van der Waals surface area contributed by atoms with E-state index in [9.17, 15) is 9.59 Å². The zero-order chi connectivity index (χ0) is 33.1. The highest BCUT2D eigenvalue weighted by atomic mass is 32.2. The van der Waals surface area contributed by atoms with Crippen LogP contribution in [-0.2, 0) is 19.0 Å². The molecule has 0 aliphatic carbocycles. The molecule has 0 rings (SSSR count). The van der Waals surface area contributed by atoms with Gasteiger partial charge in [-0.2, -0.15) is 0 Å². The van der Waals surface area contributed by atoms with E-state index in [1.165, 1.54) is 23.5 Å². The van der Waals surface area contributed by atoms with Gasteiger partial charge in [0.25, 0.3) is 0 Å². The van der Waals surface area contributed by atoms with Crippen LogP contribution in [0.2, 0.25) is 0 Å². The summed E-state index contributed by atoms with van der Waals surface area (Å²) in [4.78, 5) is 25.8. The molecule has 0 radical (unpaired) electrons. The van der Waals surface area contributed by atoms with Crippen molar-refractivity contribution in [3.05, 3.63) is 0 Å². The Kier molecular flexibility index (Phi) is 41.7. The van der Waals surface area contributed by atoms with Crippen LogP contribution in [0.1, 0.15) is 48.5 Å². The first-order chi connectivity index (χ1) is 18.9. The summed E-state index contributed by atoms with van der Waals surface area (Å²) in [6.07, 6.45) is 0.191. The molecule has 0 aromatic heterocycles. The maximum atomic E-state index is 11.6. The summed E-state index contributed by atoms with van der Waals surface area (Å²) in [7, 11) is 7.30. The predicted molar refractivity (Wildman–Crippen MR) is 186 cm³/mol. The van der Waals surface area contributed by atoms with Crippen LogP contribution in [0.15, 0.2) is 0 Å². The average molecular weight is 707 g/mol. The van der Waals surface area contributed by atoms with E-state index >= 15 is 0 Å². The first-order valence-electron chi connectivity index (χ1n) is 11.4. The Labute approximate surface area is 280 Å². The minimum Gasteiger partial charge on any atom is -0.480 e. The van der Waals surface area contributed by atoms with Gasteiger partial charge in [-0.15, -0.1) is 4.33 Å². The standard InChI is InChI=1S/C9H17NO2S2.C7H13NO2S2.C7H4O3S.C2H6O2.CH4.H2O/c1-9(2,7(12)5-6-11)14-8(13)10(3)4;1-7(2,5(9)10)12-6(11)8(3)4;1-2-3-4-5-6-7-11-10-9-8;3-1-2-4;;/h11H,5-6H2,1-4H3;1-4H3,(H,9,10);8H,1H3;3-4H,1-2H2;1H4;1H2. The van der Waals surface area contributed by atoms with Gasteiger partial charge in [0, 0.05) is 45.8 Å². The van der Waals surface area contributed by atoms with Gasteiger partial charge in [-0.1, -0.05) is 66.3 Å². The van der Waals surface area contributed by atoms with Crippen molar-refractivity contribution in [1.82, 2.24) is 9.80 Å². The Balaban J connectivity index is -0.000000110. The number of hydrogen-bond donors (Lipinski definition) is 5. The molecule has 250 valence electrons. The molecule has 0 saturated carbocycles. The number of carbonyl (C=O) groups excluding carboxylic acids is 1. The molecule has 0 saturated heterocycles. The highest BCUT2D eigenvalue weighted by molar-refractivity contribution is 8.24. The molecule has 0 heterocycles. The summed E-state index contributed by atoms with van der Waals surface area (Å²) >= 11 is 13.2. The fourth-order valence-corrected chi connectivity index (χ4v) is 4.27. The number of aliphatic hydroxyl groups is 3. The molecule has 0 aromatic rings. The lowest BCUT2D eigenvalue weighted by Crippen LogP contribution is -2.32. The summed E-state index contributed by atoms with van der Waals surface area (Å²) in [5, 5.41) is 45.9. The van der Waals surface area contributed by atoms with Gasteiger partial charge in [0.05, 0.1) is 24.6 Å². The van der Waals surface area contributed by atoms with Gasteiger partial charge < -0.3 is 35.7 Å². The number of thioether (sulfide) groups is 2. The van der Waals surface area contributed by atoms with E-state index in [-0.39, 0.29) is 44.9 Å². The number of Topliss-reactive ketones (excluding diaryl/α,β-unsaturated/α-hetero) is 1. The van der Waals surface area contributed by atoms with Gasteiger partial charge in [-0.3, -0.25) is 9.59 Å². The van der Waals surface area contributed by atoms with E-state index in [4.69, 9.17) is 50.1 Å². The molecule has 0 aliphatic rings. The number of carbonyl (C=O) groups is 2. The Morgan fingerprint density at radius 2 is 1.23 bits per heavy atom.